The Hall–Kier alpha value is -3.36. The quantitative estimate of drug-likeness (QED) is 0.437. The van der Waals surface area contributed by atoms with Crippen molar-refractivity contribution in [2.24, 2.45) is 7.05 Å². The molecule has 192 valence electrons. The summed E-state index contributed by atoms with van der Waals surface area (Å²) < 4.78 is 12.8. The first-order chi connectivity index (χ1) is 17.2. The van der Waals surface area contributed by atoms with Crippen molar-refractivity contribution in [2.75, 3.05) is 52.4 Å². The second-order valence-electron chi connectivity index (χ2n) is 9.75. The third kappa shape index (κ3) is 5.88. The van der Waals surface area contributed by atoms with E-state index in [9.17, 15) is 4.79 Å². The molecule has 0 radical (unpaired) electrons. The lowest BCUT2D eigenvalue weighted by molar-refractivity contribution is 0.0939. The van der Waals surface area contributed by atoms with E-state index in [0.717, 1.165) is 46.8 Å². The molecule has 3 aromatic rings. The van der Waals surface area contributed by atoms with E-state index in [2.05, 4.69) is 46.4 Å². The van der Waals surface area contributed by atoms with Crippen molar-refractivity contribution >= 4 is 11.6 Å². The van der Waals surface area contributed by atoms with Crippen LogP contribution in [0.3, 0.4) is 0 Å². The van der Waals surface area contributed by atoms with Gasteiger partial charge in [0.15, 0.2) is 0 Å². The van der Waals surface area contributed by atoms with Gasteiger partial charge in [0.25, 0.3) is 5.91 Å². The average Bonchev–Trinajstić information content (AvgIpc) is 3.25. The number of nitrogens with one attached hydrogen (secondary N) is 1. The van der Waals surface area contributed by atoms with Gasteiger partial charge >= 0.3 is 0 Å². The summed E-state index contributed by atoms with van der Waals surface area (Å²) in [6, 6.07) is 12.5. The maximum atomic E-state index is 13.4. The third-order valence-corrected chi connectivity index (χ3v) is 6.79. The number of methoxy groups -OCH3 is 1. The third-order valence-electron chi connectivity index (χ3n) is 6.79. The number of benzene rings is 2. The van der Waals surface area contributed by atoms with Gasteiger partial charge in [-0.3, -0.25) is 9.48 Å². The number of carbonyl (C=O) groups is 1. The zero-order valence-electron chi connectivity index (χ0n) is 22.1. The zero-order chi connectivity index (χ0) is 25.8. The van der Waals surface area contributed by atoms with Crippen molar-refractivity contribution in [1.82, 2.24) is 20.0 Å². The number of likely N-dealkylation sites (N-methyl/N-ethyl adjacent to an activating group) is 1. The Kier molecular flexibility index (Phi) is 7.96. The molecule has 0 bridgehead atoms. The van der Waals surface area contributed by atoms with E-state index in [0.29, 0.717) is 24.8 Å². The summed E-state index contributed by atoms with van der Waals surface area (Å²) in [4.78, 5) is 17.9. The van der Waals surface area contributed by atoms with Crippen molar-refractivity contribution in [3.8, 4) is 16.9 Å². The average molecular weight is 492 g/mol. The Morgan fingerprint density at radius 2 is 1.94 bits per heavy atom. The summed E-state index contributed by atoms with van der Waals surface area (Å²) in [5.41, 5.74) is 5.68. The topological polar surface area (TPSA) is 71.9 Å². The number of carbonyl (C=O) groups excluding carboxylic acids is 1. The highest BCUT2D eigenvalue weighted by Crippen LogP contribution is 2.30. The molecule has 1 atom stereocenters. The molecule has 0 spiro atoms. The summed E-state index contributed by atoms with van der Waals surface area (Å²) in [6.07, 6.45) is 3.79. The second kappa shape index (κ2) is 11.1. The molecule has 1 aliphatic rings. The van der Waals surface area contributed by atoms with Crippen LogP contribution >= 0.6 is 0 Å². The molecule has 1 N–H and O–H groups in total. The van der Waals surface area contributed by atoms with Crippen LogP contribution in [0.4, 0.5) is 5.69 Å². The minimum absolute atomic E-state index is 0.0832. The summed E-state index contributed by atoms with van der Waals surface area (Å²) in [7, 11) is 7.75. The van der Waals surface area contributed by atoms with Crippen LogP contribution in [0, 0.1) is 6.92 Å². The molecule has 2 aromatic carbocycles. The van der Waals surface area contributed by atoms with Crippen molar-refractivity contribution in [1.29, 1.82) is 0 Å². The SMILES string of the molecule is COCCOc1cc(-c2cnn(C)c2)cc([C@@H](C)NC(=O)c2cc(N3CC(N(C)C)C3)ccc2C)c1. The van der Waals surface area contributed by atoms with E-state index in [1.165, 1.54) is 0 Å². The summed E-state index contributed by atoms with van der Waals surface area (Å²) in [5.74, 6) is 0.649. The van der Waals surface area contributed by atoms with Crippen LogP contribution in [0.1, 0.15) is 34.5 Å². The Morgan fingerprint density at radius 1 is 1.17 bits per heavy atom. The molecule has 0 unspecified atom stereocenters. The van der Waals surface area contributed by atoms with Crippen molar-refractivity contribution in [3.63, 3.8) is 0 Å². The van der Waals surface area contributed by atoms with Crippen LogP contribution in [0.5, 0.6) is 5.75 Å². The van der Waals surface area contributed by atoms with E-state index < -0.39 is 0 Å². The highest BCUT2D eigenvalue weighted by atomic mass is 16.5. The minimum Gasteiger partial charge on any atom is -0.491 e. The van der Waals surface area contributed by atoms with E-state index in [1.807, 2.05) is 57.6 Å². The van der Waals surface area contributed by atoms with Gasteiger partial charge in [0.05, 0.1) is 18.8 Å². The Labute approximate surface area is 213 Å². The number of aryl methyl sites for hydroxylation is 2. The highest BCUT2D eigenvalue weighted by Gasteiger charge is 2.29. The number of hydrogen-bond donors (Lipinski definition) is 1. The van der Waals surface area contributed by atoms with Gasteiger partial charge in [-0.15, -0.1) is 0 Å². The van der Waals surface area contributed by atoms with Crippen LogP contribution in [-0.4, -0.2) is 74.1 Å². The Balaban J connectivity index is 1.53. The summed E-state index contributed by atoms with van der Waals surface area (Å²) in [6.45, 7) is 6.87. The maximum Gasteiger partial charge on any atom is 0.252 e. The van der Waals surface area contributed by atoms with Gasteiger partial charge in [-0.1, -0.05) is 6.07 Å². The molecule has 1 aliphatic heterocycles. The van der Waals surface area contributed by atoms with Crippen molar-refractivity contribution in [3.05, 3.63) is 65.5 Å². The molecule has 1 saturated heterocycles. The molecule has 1 amide bonds. The molecule has 1 aromatic heterocycles. The minimum atomic E-state index is -0.218. The highest BCUT2D eigenvalue weighted by molar-refractivity contribution is 5.97. The first kappa shape index (κ1) is 25.7. The molecule has 8 nitrogen and oxygen atoms in total. The van der Waals surface area contributed by atoms with E-state index in [-0.39, 0.29) is 11.9 Å². The molecular weight excluding hydrogens is 454 g/mol. The number of rotatable bonds is 10. The predicted octanol–water partition coefficient (Wildman–Crippen LogP) is 3.66. The van der Waals surface area contributed by atoms with Gasteiger partial charge in [0, 0.05) is 56.3 Å². The summed E-state index contributed by atoms with van der Waals surface area (Å²) >= 11 is 0. The molecule has 36 heavy (non-hydrogen) atoms. The van der Waals surface area contributed by atoms with Gasteiger partial charge in [-0.25, -0.2) is 0 Å². The standard InChI is InChI=1S/C28H37N5O3/c1-19-7-8-24(33-17-25(18-33)31(3)4)14-27(19)28(34)30-20(2)21-11-22(23-15-29-32(5)16-23)13-26(12-21)36-10-9-35-6/h7-8,11-16,20,25H,9-10,17-18H2,1-6H3,(H,30,34)/t20-/m1/s1. The molecule has 4 rings (SSSR count). The van der Waals surface area contributed by atoms with Crippen LogP contribution in [0.2, 0.25) is 0 Å². The van der Waals surface area contributed by atoms with Gasteiger partial charge < -0.3 is 24.6 Å². The van der Waals surface area contributed by atoms with Gasteiger partial charge in [0.2, 0.25) is 0 Å². The van der Waals surface area contributed by atoms with Crippen LogP contribution < -0.4 is 15.0 Å². The monoisotopic (exact) mass is 491 g/mol. The largest absolute Gasteiger partial charge is 0.491 e. The Morgan fingerprint density at radius 3 is 2.61 bits per heavy atom. The van der Waals surface area contributed by atoms with E-state index in [4.69, 9.17) is 9.47 Å². The zero-order valence-corrected chi connectivity index (χ0v) is 22.1. The number of nitrogens with zero attached hydrogens (tertiary/aromatic N) is 4. The maximum absolute atomic E-state index is 13.4. The lowest BCUT2D eigenvalue weighted by Gasteiger charge is -2.44. The molecule has 0 saturated carbocycles. The van der Waals surface area contributed by atoms with Crippen LogP contribution in [-0.2, 0) is 11.8 Å². The fourth-order valence-electron chi connectivity index (χ4n) is 4.34. The summed E-state index contributed by atoms with van der Waals surface area (Å²) in [5, 5.41) is 7.49. The van der Waals surface area contributed by atoms with Crippen LogP contribution in [0.25, 0.3) is 11.1 Å². The Bertz CT molecular complexity index is 1200. The van der Waals surface area contributed by atoms with Crippen molar-refractivity contribution in [2.45, 2.75) is 25.9 Å². The fraction of sp³-hybridized carbons (Fsp3) is 0.429. The molecular formula is C28H37N5O3. The molecule has 2 heterocycles. The van der Waals surface area contributed by atoms with Crippen molar-refractivity contribution < 1.29 is 14.3 Å². The van der Waals surface area contributed by atoms with Gasteiger partial charge in [0.1, 0.15) is 12.4 Å². The normalized spacial score (nSPS) is 14.6. The van der Waals surface area contributed by atoms with E-state index in [1.54, 1.807) is 11.8 Å². The van der Waals surface area contributed by atoms with E-state index >= 15 is 0 Å². The fourth-order valence-corrected chi connectivity index (χ4v) is 4.34. The molecule has 8 heteroatoms. The number of ether oxygens (including phenoxy) is 2. The lowest BCUT2D eigenvalue weighted by atomic mass is 10.00. The van der Waals surface area contributed by atoms with Gasteiger partial charge in [-0.05, 0) is 75.0 Å². The predicted molar refractivity (Wildman–Crippen MR) is 143 cm³/mol. The number of anilines is 1. The lowest BCUT2D eigenvalue weighted by Crippen LogP contribution is -2.57. The van der Waals surface area contributed by atoms with Gasteiger partial charge in [-0.2, -0.15) is 5.10 Å². The smallest absolute Gasteiger partial charge is 0.252 e. The number of aromatic nitrogens is 2. The van der Waals surface area contributed by atoms with Crippen LogP contribution in [0.15, 0.2) is 48.8 Å². The molecule has 1 fully saturated rings. The molecule has 0 aliphatic carbocycles. The second-order valence-corrected chi connectivity index (χ2v) is 9.75. The first-order valence-electron chi connectivity index (χ1n) is 12.3. The number of amides is 1. The number of hydrogen-bond acceptors (Lipinski definition) is 6. The first-order valence-corrected chi connectivity index (χ1v) is 12.3.